The molecule has 16 heavy (non-hydrogen) atoms. The average Bonchev–Trinajstić information content (AvgIpc) is 2.54. The van der Waals surface area contributed by atoms with Crippen molar-refractivity contribution in [3.63, 3.8) is 0 Å². The molecule has 0 radical (unpaired) electrons. The van der Waals surface area contributed by atoms with E-state index in [2.05, 4.69) is 0 Å². The maximum Gasteiger partial charge on any atom is 0.326 e. The molecule has 1 fully saturated rings. The molecule has 0 aromatic heterocycles. The number of hydrogen-bond acceptors (Lipinski definition) is 3. The second-order valence-corrected chi connectivity index (χ2v) is 3.71. The van der Waals surface area contributed by atoms with Gasteiger partial charge in [0.1, 0.15) is 5.75 Å². The third-order valence-electron chi connectivity index (χ3n) is 2.62. The van der Waals surface area contributed by atoms with Crippen molar-refractivity contribution in [2.45, 2.75) is 6.23 Å². The summed E-state index contributed by atoms with van der Waals surface area (Å²) in [5, 5.41) is 9.74. The Morgan fingerprint density at radius 3 is 2.44 bits per heavy atom. The van der Waals surface area contributed by atoms with Gasteiger partial charge in [-0.25, -0.2) is 4.79 Å². The van der Waals surface area contributed by atoms with E-state index in [4.69, 9.17) is 4.74 Å². The zero-order valence-electron chi connectivity index (χ0n) is 9.25. The molecule has 0 bridgehead atoms. The number of methoxy groups -OCH3 is 1. The Morgan fingerprint density at radius 2 is 2.00 bits per heavy atom. The Bertz CT molecular complexity index is 391. The van der Waals surface area contributed by atoms with Gasteiger partial charge >= 0.3 is 6.03 Å². The minimum atomic E-state index is -0.786. The number of anilines is 1. The maximum atomic E-state index is 11.7. The van der Waals surface area contributed by atoms with E-state index in [-0.39, 0.29) is 6.03 Å². The molecule has 0 saturated carbocycles. The molecule has 1 atom stereocenters. The van der Waals surface area contributed by atoms with Crippen molar-refractivity contribution >= 4 is 11.7 Å². The summed E-state index contributed by atoms with van der Waals surface area (Å²) in [5.74, 6) is 0.721. The van der Waals surface area contributed by atoms with Crippen LogP contribution in [-0.2, 0) is 0 Å². The van der Waals surface area contributed by atoms with Crippen molar-refractivity contribution in [3.8, 4) is 5.75 Å². The molecule has 1 aliphatic heterocycles. The van der Waals surface area contributed by atoms with Gasteiger partial charge in [-0.15, -0.1) is 0 Å². The van der Waals surface area contributed by atoms with Gasteiger partial charge < -0.3 is 14.7 Å². The van der Waals surface area contributed by atoms with Gasteiger partial charge in [0.2, 0.25) is 0 Å². The van der Waals surface area contributed by atoms with Crippen LogP contribution < -0.4 is 9.64 Å². The Balaban J connectivity index is 2.26. The minimum Gasteiger partial charge on any atom is -0.497 e. The maximum absolute atomic E-state index is 11.7. The van der Waals surface area contributed by atoms with E-state index >= 15 is 0 Å². The van der Waals surface area contributed by atoms with Crippen molar-refractivity contribution in [1.82, 2.24) is 4.90 Å². The molecule has 0 spiro atoms. The third-order valence-corrected chi connectivity index (χ3v) is 2.62. The average molecular weight is 222 g/mol. The first-order chi connectivity index (χ1) is 7.63. The van der Waals surface area contributed by atoms with E-state index < -0.39 is 6.23 Å². The van der Waals surface area contributed by atoms with Gasteiger partial charge in [-0.05, 0) is 24.3 Å². The Kier molecular flexibility index (Phi) is 2.70. The molecular weight excluding hydrogens is 208 g/mol. The van der Waals surface area contributed by atoms with Crippen LogP contribution in [0.15, 0.2) is 24.3 Å². The van der Waals surface area contributed by atoms with Gasteiger partial charge in [0.15, 0.2) is 6.23 Å². The summed E-state index contributed by atoms with van der Waals surface area (Å²) in [6.07, 6.45) is -0.786. The quantitative estimate of drug-likeness (QED) is 0.808. The lowest BCUT2D eigenvalue weighted by Crippen LogP contribution is -2.34. The molecule has 5 nitrogen and oxygen atoms in total. The van der Waals surface area contributed by atoms with Gasteiger partial charge in [-0.1, -0.05) is 0 Å². The lowest BCUT2D eigenvalue weighted by atomic mass is 10.3. The highest BCUT2D eigenvalue weighted by atomic mass is 16.5. The SMILES string of the molecule is COc1ccc(N2C(=O)N(C)CC2O)cc1. The summed E-state index contributed by atoms with van der Waals surface area (Å²) in [6.45, 7) is 0.324. The highest BCUT2D eigenvalue weighted by molar-refractivity contribution is 5.94. The number of likely N-dealkylation sites (N-methyl/N-ethyl adjacent to an activating group) is 1. The van der Waals surface area contributed by atoms with E-state index in [1.165, 1.54) is 9.80 Å². The summed E-state index contributed by atoms with van der Waals surface area (Å²) in [6, 6.07) is 6.82. The van der Waals surface area contributed by atoms with Crippen molar-refractivity contribution in [2.24, 2.45) is 0 Å². The predicted molar refractivity (Wildman–Crippen MR) is 59.5 cm³/mol. The molecule has 1 saturated heterocycles. The Morgan fingerprint density at radius 1 is 1.38 bits per heavy atom. The number of carbonyl (C=O) groups excluding carboxylic acids is 1. The van der Waals surface area contributed by atoms with Crippen LogP contribution in [0.4, 0.5) is 10.5 Å². The van der Waals surface area contributed by atoms with Gasteiger partial charge in [0.25, 0.3) is 0 Å². The number of nitrogens with zero attached hydrogens (tertiary/aromatic N) is 2. The third kappa shape index (κ3) is 1.69. The largest absolute Gasteiger partial charge is 0.497 e. The van der Waals surface area contributed by atoms with E-state index in [1.807, 2.05) is 0 Å². The van der Waals surface area contributed by atoms with Crippen LogP contribution in [0.2, 0.25) is 0 Å². The Hall–Kier alpha value is -1.75. The van der Waals surface area contributed by atoms with Crippen molar-refractivity contribution in [2.75, 3.05) is 25.6 Å². The first kappa shape index (κ1) is 10.8. The molecule has 1 aliphatic rings. The lowest BCUT2D eigenvalue weighted by Gasteiger charge is -2.19. The number of β-amino-alcohol motifs (C(OH)–C–C–N with tert-alkyl or cyclic N) is 1. The molecule has 2 rings (SSSR count). The van der Waals surface area contributed by atoms with E-state index in [1.54, 1.807) is 38.4 Å². The number of hydrogen-bond donors (Lipinski definition) is 1. The second-order valence-electron chi connectivity index (χ2n) is 3.71. The fourth-order valence-electron chi connectivity index (χ4n) is 1.74. The van der Waals surface area contributed by atoms with Gasteiger partial charge in [-0.3, -0.25) is 4.90 Å². The van der Waals surface area contributed by atoms with Crippen LogP contribution in [0.3, 0.4) is 0 Å². The highest BCUT2D eigenvalue weighted by Gasteiger charge is 2.34. The molecule has 0 aliphatic carbocycles. The van der Waals surface area contributed by atoms with Gasteiger partial charge in [0, 0.05) is 12.7 Å². The summed E-state index contributed by atoms with van der Waals surface area (Å²) in [5.41, 5.74) is 0.669. The highest BCUT2D eigenvalue weighted by Crippen LogP contribution is 2.24. The molecule has 1 unspecified atom stereocenters. The van der Waals surface area contributed by atoms with E-state index in [9.17, 15) is 9.90 Å². The van der Waals surface area contributed by atoms with Crippen LogP contribution in [0.25, 0.3) is 0 Å². The smallest absolute Gasteiger partial charge is 0.326 e. The molecule has 1 aromatic carbocycles. The van der Waals surface area contributed by atoms with Crippen LogP contribution in [0.5, 0.6) is 5.75 Å². The summed E-state index contributed by atoms with van der Waals surface area (Å²) >= 11 is 0. The number of ether oxygens (including phenoxy) is 1. The number of amides is 2. The first-order valence-electron chi connectivity index (χ1n) is 5.00. The molecule has 2 amide bonds. The fraction of sp³-hybridized carbons (Fsp3) is 0.364. The van der Waals surface area contributed by atoms with E-state index in [0.717, 1.165) is 5.75 Å². The first-order valence-corrected chi connectivity index (χ1v) is 5.00. The second kappa shape index (κ2) is 4.02. The monoisotopic (exact) mass is 222 g/mol. The molecular formula is C11H14N2O3. The fourth-order valence-corrected chi connectivity index (χ4v) is 1.74. The number of carbonyl (C=O) groups is 1. The molecule has 1 heterocycles. The normalized spacial score (nSPS) is 20.4. The molecule has 86 valence electrons. The Labute approximate surface area is 93.8 Å². The number of rotatable bonds is 2. The standard InChI is InChI=1S/C11H14N2O3/c1-12-7-10(14)13(11(12)15)8-3-5-9(16-2)6-4-8/h3-6,10,14H,7H2,1-2H3. The molecule has 1 aromatic rings. The van der Waals surface area contributed by atoms with Gasteiger partial charge in [-0.2, -0.15) is 0 Å². The lowest BCUT2D eigenvalue weighted by molar-refractivity contribution is 0.183. The molecule has 5 heteroatoms. The van der Waals surface area contributed by atoms with E-state index in [0.29, 0.717) is 12.2 Å². The minimum absolute atomic E-state index is 0.197. The topological polar surface area (TPSA) is 53.0 Å². The summed E-state index contributed by atoms with van der Waals surface area (Å²) in [7, 11) is 3.24. The van der Waals surface area contributed by atoms with Crippen LogP contribution >= 0.6 is 0 Å². The molecule has 1 N–H and O–H groups in total. The van der Waals surface area contributed by atoms with Crippen LogP contribution in [0, 0.1) is 0 Å². The summed E-state index contributed by atoms with van der Waals surface area (Å²) in [4.78, 5) is 14.6. The number of aliphatic hydroxyl groups is 1. The van der Waals surface area contributed by atoms with Crippen molar-refractivity contribution in [1.29, 1.82) is 0 Å². The van der Waals surface area contributed by atoms with Crippen molar-refractivity contribution in [3.05, 3.63) is 24.3 Å². The zero-order chi connectivity index (χ0) is 11.7. The summed E-state index contributed by atoms with van der Waals surface area (Å²) < 4.78 is 5.03. The zero-order valence-corrected chi connectivity index (χ0v) is 9.25. The number of aliphatic hydroxyl groups excluding tert-OH is 1. The van der Waals surface area contributed by atoms with Crippen LogP contribution in [0.1, 0.15) is 0 Å². The predicted octanol–water partition coefficient (Wildman–Crippen LogP) is 0.885. The van der Waals surface area contributed by atoms with Crippen molar-refractivity contribution < 1.29 is 14.6 Å². The number of benzene rings is 1. The number of urea groups is 1. The van der Waals surface area contributed by atoms with Gasteiger partial charge in [0.05, 0.1) is 13.7 Å². The van der Waals surface area contributed by atoms with Crippen LogP contribution in [-0.4, -0.2) is 43.0 Å².